The van der Waals surface area contributed by atoms with E-state index in [4.69, 9.17) is 4.99 Å². The van der Waals surface area contributed by atoms with E-state index in [2.05, 4.69) is 64.7 Å². The number of aliphatic hydroxyl groups excluding tert-OH is 1. The topological polar surface area (TPSA) is 66.7 Å². The van der Waals surface area contributed by atoms with Crippen molar-refractivity contribution in [2.45, 2.75) is 72.8 Å². The van der Waals surface area contributed by atoms with E-state index in [1.54, 1.807) is 0 Å². The van der Waals surface area contributed by atoms with Crippen LogP contribution in [-0.2, 0) is 0 Å². The minimum atomic E-state index is -0.687. The molecule has 0 aromatic carbocycles. The fourth-order valence-corrected chi connectivity index (χ4v) is 3.61. The van der Waals surface area contributed by atoms with Gasteiger partial charge >= 0.3 is 0 Å². The van der Waals surface area contributed by atoms with E-state index in [1.807, 2.05) is 20.8 Å². The smallest absolute Gasteiger partial charge is 0.197 e. The molecule has 0 aromatic heterocycles. The fraction of sp³-hybridized carbons (Fsp3) is 0.810. The molecule has 3 atom stereocenters. The number of rotatable bonds is 7. The predicted octanol–water partition coefficient (Wildman–Crippen LogP) is 1.80. The van der Waals surface area contributed by atoms with Gasteiger partial charge in [-0.2, -0.15) is 0 Å². The summed E-state index contributed by atoms with van der Waals surface area (Å²) in [5, 5.41) is 13.5. The van der Waals surface area contributed by atoms with Crippen LogP contribution in [0.4, 0.5) is 0 Å². The first-order chi connectivity index (χ1) is 13.4. The van der Waals surface area contributed by atoms with E-state index in [0.29, 0.717) is 13.1 Å². The Morgan fingerprint density at radius 2 is 1.82 bits per heavy atom. The molecule has 0 aromatic rings. The molecule has 0 bridgehead atoms. The van der Waals surface area contributed by atoms with Crippen LogP contribution in [0, 0.1) is 11.8 Å². The highest BCUT2D eigenvalue weighted by atomic mass is 16.3. The number of hydrogen-bond donors (Lipinski definition) is 2. The van der Waals surface area contributed by atoms with E-state index < -0.39 is 6.23 Å². The average molecular weight is 393 g/mol. The molecule has 1 fully saturated rings. The van der Waals surface area contributed by atoms with Crippen molar-refractivity contribution in [1.29, 1.82) is 0 Å². The SMILES string of the molecule is CC#CCN1C(C)=NC2C1C(O)NC(=NCC)N2CC.CCCN(C)CCC. The number of hydrogen-bond acceptors (Lipinski definition) is 5. The average Bonchev–Trinajstić information content (AvgIpc) is 2.98. The summed E-state index contributed by atoms with van der Waals surface area (Å²) in [6.45, 7) is 16.8. The van der Waals surface area contributed by atoms with Crippen LogP contribution in [-0.4, -0.2) is 89.8 Å². The zero-order valence-electron chi connectivity index (χ0n) is 18.9. The molecule has 2 rings (SSSR count). The van der Waals surface area contributed by atoms with Gasteiger partial charge in [-0.15, -0.1) is 5.92 Å². The highest BCUT2D eigenvalue weighted by molar-refractivity contribution is 5.86. The fourth-order valence-electron chi connectivity index (χ4n) is 3.61. The van der Waals surface area contributed by atoms with Gasteiger partial charge in [0.1, 0.15) is 12.2 Å². The van der Waals surface area contributed by atoms with Gasteiger partial charge in [0.2, 0.25) is 0 Å². The molecular weight excluding hydrogens is 352 g/mol. The Morgan fingerprint density at radius 3 is 2.32 bits per heavy atom. The van der Waals surface area contributed by atoms with Crippen LogP contribution >= 0.6 is 0 Å². The first-order valence-corrected chi connectivity index (χ1v) is 10.6. The van der Waals surface area contributed by atoms with Gasteiger partial charge in [0.15, 0.2) is 12.2 Å². The Labute approximate surface area is 171 Å². The lowest BCUT2D eigenvalue weighted by atomic mass is 10.1. The quantitative estimate of drug-likeness (QED) is 0.647. The second-order valence-electron chi connectivity index (χ2n) is 7.11. The Balaban J connectivity index is 0.000000416. The lowest BCUT2D eigenvalue weighted by Crippen LogP contribution is -2.67. The lowest BCUT2D eigenvalue weighted by molar-refractivity contribution is 0.0250. The summed E-state index contributed by atoms with van der Waals surface area (Å²) in [4.78, 5) is 15.6. The number of guanidine groups is 1. The van der Waals surface area contributed by atoms with Crippen LogP contribution in [0.5, 0.6) is 0 Å². The van der Waals surface area contributed by atoms with Gasteiger partial charge in [0, 0.05) is 13.1 Å². The number of amidine groups is 1. The minimum Gasteiger partial charge on any atom is -0.371 e. The van der Waals surface area contributed by atoms with Crippen molar-refractivity contribution in [3.8, 4) is 11.8 Å². The third-order valence-electron chi connectivity index (χ3n) is 4.88. The second kappa shape index (κ2) is 12.6. The number of nitrogens with one attached hydrogen (secondary N) is 1. The Hall–Kier alpha value is -1.78. The lowest BCUT2D eigenvalue weighted by Gasteiger charge is -2.43. The molecule has 28 heavy (non-hydrogen) atoms. The zero-order chi connectivity index (χ0) is 21.1. The molecule has 7 heteroatoms. The van der Waals surface area contributed by atoms with Crippen LogP contribution in [0.2, 0.25) is 0 Å². The van der Waals surface area contributed by atoms with Crippen molar-refractivity contribution >= 4 is 11.8 Å². The predicted molar refractivity (Wildman–Crippen MR) is 118 cm³/mol. The zero-order valence-corrected chi connectivity index (χ0v) is 18.9. The molecule has 2 N–H and O–H groups in total. The largest absolute Gasteiger partial charge is 0.371 e. The standard InChI is InChI=1S/C14H23N5O.C7H17N/c1-5-8-9-19-10(4)16-12-11(19)13(20)17-14(15-6-2)18(12)7-3;1-4-6-8(3)7-5-2/h11-13,20H,6-7,9H2,1-4H3,(H,15,17);4-7H2,1-3H3. The van der Waals surface area contributed by atoms with E-state index in [-0.39, 0.29) is 12.2 Å². The normalized spacial score (nSPS) is 24.8. The van der Waals surface area contributed by atoms with Gasteiger partial charge in [-0.3, -0.25) is 4.99 Å². The Bertz CT molecular complexity index is 573. The summed E-state index contributed by atoms with van der Waals surface area (Å²) in [5.74, 6) is 7.59. The highest BCUT2D eigenvalue weighted by Gasteiger charge is 2.46. The summed E-state index contributed by atoms with van der Waals surface area (Å²) in [6, 6.07) is -0.119. The van der Waals surface area contributed by atoms with Crippen molar-refractivity contribution in [2.75, 3.05) is 39.8 Å². The summed E-state index contributed by atoms with van der Waals surface area (Å²) in [5.41, 5.74) is 0. The van der Waals surface area contributed by atoms with Gasteiger partial charge < -0.3 is 25.1 Å². The Morgan fingerprint density at radius 1 is 1.18 bits per heavy atom. The first-order valence-electron chi connectivity index (χ1n) is 10.6. The van der Waals surface area contributed by atoms with Crippen molar-refractivity contribution in [2.24, 2.45) is 9.98 Å². The molecule has 3 unspecified atom stereocenters. The highest BCUT2D eigenvalue weighted by Crippen LogP contribution is 2.26. The van der Waals surface area contributed by atoms with Crippen molar-refractivity contribution in [3.63, 3.8) is 0 Å². The van der Waals surface area contributed by atoms with Gasteiger partial charge in [-0.05, 0) is 60.7 Å². The third kappa shape index (κ3) is 6.39. The molecule has 0 amide bonds. The third-order valence-corrected chi connectivity index (χ3v) is 4.88. The summed E-state index contributed by atoms with van der Waals surface area (Å²) in [7, 11) is 2.17. The van der Waals surface area contributed by atoms with E-state index in [1.165, 1.54) is 25.9 Å². The van der Waals surface area contributed by atoms with Crippen molar-refractivity contribution in [3.05, 3.63) is 0 Å². The molecule has 0 saturated carbocycles. The van der Waals surface area contributed by atoms with Gasteiger partial charge in [-0.1, -0.05) is 19.8 Å². The molecule has 2 heterocycles. The van der Waals surface area contributed by atoms with Gasteiger partial charge in [0.25, 0.3) is 0 Å². The summed E-state index contributed by atoms with van der Waals surface area (Å²) >= 11 is 0. The maximum Gasteiger partial charge on any atom is 0.197 e. The summed E-state index contributed by atoms with van der Waals surface area (Å²) in [6.07, 6.45) is 1.76. The number of aliphatic hydroxyl groups is 1. The Kier molecular flexibility index (Phi) is 10.9. The first kappa shape index (κ1) is 24.3. The maximum atomic E-state index is 10.4. The number of aliphatic imine (C=N–C) groups is 2. The molecule has 0 radical (unpaired) electrons. The van der Waals surface area contributed by atoms with Crippen LogP contribution in [0.3, 0.4) is 0 Å². The molecule has 0 aliphatic carbocycles. The molecule has 1 saturated heterocycles. The number of nitrogens with zero attached hydrogens (tertiary/aromatic N) is 5. The molecule has 0 spiro atoms. The van der Waals surface area contributed by atoms with Gasteiger partial charge in [-0.25, -0.2) is 4.99 Å². The van der Waals surface area contributed by atoms with Crippen molar-refractivity contribution < 1.29 is 5.11 Å². The van der Waals surface area contributed by atoms with E-state index in [0.717, 1.165) is 18.3 Å². The number of likely N-dealkylation sites (N-methyl/N-ethyl adjacent to an activating group) is 1. The monoisotopic (exact) mass is 392 g/mol. The molecular formula is C21H40N6O. The van der Waals surface area contributed by atoms with Crippen LogP contribution < -0.4 is 5.32 Å². The molecule has 2 aliphatic rings. The van der Waals surface area contributed by atoms with E-state index >= 15 is 0 Å². The van der Waals surface area contributed by atoms with E-state index in [9.17, 15) is 5.11 Å². The molecule has 7 nitrogen and oxygen atoms in total. The minimum absolute atomic E-state index is 0.0970. The molecule has 160 valence electrons. The van der Waals surface area contributed by atoms with Crippen LogP contribution in [0.15, 0.2) is 9.98 Å². The van der Waals surface area contributed by atoms with Gasteiger partial charge in [0.05, 0.1) is 12.4 Å². The second-order valence-corrected chi connectivity index (χ2v) is 7.11. The van der Waals surface area contributed by atoms with Crippen molar-refractivity contribution in [1.82, 2.24) is 20.0 Å². The summed E-state index contributed by atoms with van der Waals surface area (Å²) < 4.78 is 0. The van der Waals surface area contributed by atoms with Crippen LogP contribution in [0.25, 0.3) is 0 Å². The number of fused-ring (bicyclic) bond motifs is 1. The maximum absolute atomic E-state index is 10.4. The van der Waals surface area contributed by atoms with Crippen LogP contribution in [0.1, 0.15) is 54.4 Å². The molecule has 2 aliphatic heterocycles.